The zero-order valence-electron chi connectivity index (χ0n) is 9.30. The van der Waals surface area contributed by atoms with Gasteiger partial charge in [0.25, 0.3) is 0 Å². The second-order valence-electron chi connectivity index (χ2n) is 3.84. The summed E-state index contributed by atoms with van der Waals surface area (Å²) in [4.78, 5) is 15.0. The molecule has 2 rings (SSSR count). The van der Waals surface area contributed by atoms with Gasteiger partial charge in [-0.2, -0.15) is 0 Å². The predicted octanol–water partition coefficient (Wildman–Crippen LogP) is 0.418. The summed E-state index contributed by atoms with van der Waals surface area (Å²) in [5, 5.41) is 8.81. The van der Waals surface area contributed by atoms with E-state index in [0.29, 0.717) is 19.0 Å². The Labute approximate surface area is 98.9 Å². The van der Waals surface area contributed by atoms with Crippen molar-refractivity contribution in [3.8, 4) is 0 Å². The molecule has 17 heavy (non-hydrogen) atoms. The number of hydrogen-bond acceptors (Lipinski definition) is 4. The van der Waals surface area contributed by atoms with Crippen LogP contribution in [-0.2, 0) is 16.0 Å². The van der Waals surface area contributed by atoms with Crippen LogP contribution >= 0.6 is 0 Å². The minimum atomic E-state index is -1.01. The van der Waals surface area contributed by atoms with Gasteiger partial charge < -0.3 is 15.6 Å². The molecule has 0 saturated carbocycles. The lowest BCUT2D eigenvalue weighted by atomic mass is 10.0. The first-order valence-electron chi connectivity index (χ1n) is 5.42. The topological polar surface area (TPSA) is 84.9 Å². The van der Waals surface area contributed by atoms with E-state index >= 15 is 0 Å². The Hall–Kier alpha value is -1.88. The van der Waals surface area contributed by atoms with Crippen LogP contribution in [0.4, 0.5) is 0 Å². The van der Waals surface area contributed by atoms with E-state index in [-0.39, 0.29) is 6.42 Å². The van der Waals surface area contributed by atoms with E-state index in [4.69, 9.17) is 15.6 Å². The molecule has 0 fully saturated rings. The first-order chi connectivity index (χ1) is 8.18. The number of aliphatic carboxylic acids is 1. The van der Waals surface area contributed by atoms with Crippen LogP contribution in [0.2, 0.25) is 0 Å². The molecule has 5 nitrogen and oxygen atoms in total. The van der Waals surface area contributed by atoms with E-state index in [9.17, 15) is 4.79 Å². The largest absolute Gasteiger partial charge is 0.480 e. The molecule has 1 atom stereocenters. The fraction of sp³-hybridized carbons (Fsp3) is 0.333. The molecule has 0 radical (unpaired) electrons. The maximum absolute atomic E-state index is 10.7. The van der Waals surface area contributed by atoms with Crippen molar-refractivity contribution in [1.82, 2.24) is 0 Å². The van der Waals surface area contributed by atoms with Gasteiger partial charge in [0.1, 0.15) is 12.6 Å². The zero-order valence-corrected chi connectivity index (χ0v) is 9.30. The van der Waals surface area contributed by atoms with Gasteiger partial charge in [0.15, 0.2) is 0 Å². The lowest BCUT2D eigenvalue weighted by Gasteiger charge is -2.11. The summed E-state index contributed by atoms with van der Waals surface area (Å²) < 4.78 is 5.38. The van der Waals surface area contributed by atoms with Crippen molar-refractivity contribution >= 4 is 11.9 Å². The second-order valence-corrected chi connectivity index (χ2v) is 3.84. The quantitative estimate of drug-likeness (QED) is 0.790. The van der Waals surface area contributed by atoms with Gasteiger partial charge in [-0.1, -0.05) is 18.2 Å². The van der Waals surface area contributed by atoms with Crippen molar-refractivity contribution in [2.45, 2.75) is 12.5 Å². The summed E-state index contributed by atoms with van der Waals surface area (Å²) >= 11 is 0. The van der Waals surface area contributed by atoms with Crippen LogP contribution in [0.5, 0.6) is 0 Å². The Bertz CT molecular complexity index is 457. The molecule has 1 aromatic carbocycles. The number of hydrogen-bond donors (Lipinski definition) is 2. The third-order valence-electron chi connectivity index (χ3n) is 2.59. The Morgan fingerprint density at radius 2 is 2.29 bits per heavy atom. The van der Waals surface area contributed by atoms with Gasteiger partial charge in [0, 0.05) is 5.56 Å². The maximum Gasteiger partial charge on any atom is 0.320 e. The van der Waals surface area contributed by atoms with Gasteiger partial charge in [-0.25, -0.2) is 4.99 Å². The van der Waals surface area contributed by atoms with Crippen LogP contribution in [0.25, 0.3) is 0 Å². The zero-order chi connectivity index (χ0) is 12.3. The molecule has 0 spiro atoms. The molecular formula is C12H14N2O3. The average Bonchev–Trinajstić information content (AvgIpc) is 2.83. The van der Waals surface area contributed by atoms with Gasteiger partial charge in [0.2, 0.25) is 5.90 Å². The third kappa shape index (κ3) is 2.62. The highest BCUT2D eigenvalue weighted by molar-refractivity contribution is 5.96. The fourth-order valence-electron chi connectivity index (χ4n) is 1.73. The summed E-state index contributed by atoms with van der Waals surface area (Å²) in [5.41, 5.74) is 7.22. The minimum absolute atomic E-state index is 0.272. The molecule has 0 aliphatic carbocycles. The molecule has 1 heterocycles. The molecule has 1 aromatic rings. The summed E-state index contributed by atoms with van der Waals surface area (Å²) in [6.45, 7) is 1.23. The molecule has 1 aliphatic rings. The van der Waals surface area contributed by atoms with Crippen molar-refractivity contribution in [2.24, 2.45) is 10.7 Å². The highest BCUT2D eigenvalue weighted by atomic mass is 16.5. The van der Waals surface area contributed by atoms with E-state index in [0.717, 1.165) is 11.1 Å². The molecule has 0 bridgehead atoms. The van der Waals surface area contributed by atoms with Crippen molar-refractivity contribution in [1.29, 1.82) is 0 Å². The Kier molecular flexibility index (Phi) is 3.39. The van der Waals surface area contributed by atoms with E-state index in [1.807, 2.05) is 24.3 Å². The monoisotopic (exact) mass is 234 g/mol. The Balaban J connectivity index is 2.24. The number of benzene rings is 1. The molecular weight excluding hydrogens is 220 g/mol. The molecule has 1 aliphatic heterocycles. The third-order valence-corrected chi connectivity index (χ3v) is 2.59. The summed E-state index contributed by atoms with van der Waals surface area (Å²) in [5.74, 6) is -0.424. The van der Waals surface area contributed by atoms with Gasteiger partial charge >= 0.3 is 5.97 Å². The van der Waals surface area contributed by atoms with E-state index < -0.39 is 12.0 Å². The number of nitrogens with zero attached hydrogens (tertiary/aromatic N) is 1. The van der Waals surface area contributed by atoms with Gasteiger partial charge in [0.05, 0.1) is 6.54 Å². The molecule has 90 valence electrons. The molecule has 1 unspecified atom stereocenters. The first-order valence-corrected chi connectivity index (χ1v) is 5.42. The van der Waals surface area contributed by atoms with Crippen molar-refractivity contribution in [2.75, 3.05) is 13.2 Å². The summed E-state index contributed by atoms with van der Waals surface area (Å²) in [6, 6.07) is 6.53. The normalized spacial score (nSPS) is 16.2. The predicted molar refractivity (Wildman–Crippen MR) is 63.1 cm³/mol. The number of rotatable bonds is 4. The Morgan fingerprint density at radius 1 is 1.53 bits per heavy atom. The minimum Gasteiger partial charge on any atom is -0.480 e. The van der Waals surface area contributed by atoms with Gasteiger partial charge in [-0.15, -0.1) is 0 Å². The maximum atomic E-state index is 10.7. The molecule has 0 saturated heterocycles. The SMILES string of the molecule is NC(Cc1ccccc1C1=NCCO1)C(=O)O. The number of carbonyl (C=O) groups is 1. The Morgan fingerprint density at radius 3 is 2.94 bits per heavy atom. The van der Waals surface area contributed by atoms with Crippen LogP contribution in [0, 0.1) is 0 Å². The lowest BCUT2D eigenvalue weighted by Crippen LogP contribution is -2.32. The van der Waals surface area contributed by atoms with E-state index in [2.05, 4.69) is 4.99 Å². The van der Waals surface area contributed by atoms with Crippen LogP contribution in [0.3, 0.4) is 0 Å². The molecule has 5 heteroatoms. The highest BCUT2D eigenvalue weighted by Gasteiger charge is 2.18. The summed E-state index contributed by atoms with van der Waals surface area (Å²) in [6.07, 6.45) is 0.272. The standard InChI is InChI=1S/C12H14N2O3/c13-10(12(15)16)7-8-3-1-2-4-9(8)11-14-5-6-17-11/h1-4,10H,5-7,13H2,(H,15,16). The molecule has 0 aromatic heterocycles. The number of ether oxygens (including phenoxy) is 1. The van der Waals surface area contributed by atoms with Crippen LogP contribution in [-0.4, -0.2) is 36.2 Å². The highest BCUT2D eigenvalue weighted by Crippen LogP contribution is 2.15. The first kappa shape index (κ1) is 11.6. The summed E-state index contributed by atoms with van der Waals surface area (Å²) in [7, 11) is 0. The number of nitrogens with two attached hydrogens (primary N) is 1. The van der Waals surface area contributed by atoms with Gasteiger partial charge in [-0.05, 0) is 18.1 Å². The van der Waals surface area contributed by atoms with Crippen molar-refractivity contribution < 1.29 is 14.6 Å². The molecule has 3 N–H and O–H groups in total. The van der Waals surface area contributed by atoms with Gasteiger partial charge in [-0.3, -0.25) is 4.79 Å². The fourth-order valence-corrected chi connectivity index (χ4v) is 1.73. The number of carboxylic acids is 1. The van der Waals surface area contributed by atoms with Crippen LogP contribution < -0.4 is 5.73 Å². The smallest absolute Gasteiger partial charge is 0.320 e. The van der Waals surface area contributed by atoms with Crippen LogP contribution in [0.1, 0.15) is 11.1 Å². The average molecular weight is 234 g/mol. The van der Waals surface area contributed by atoms with Crippen LogP contribution in [0.15, 0.2) is 29.3 Å². The van der Waals surface area contributed by atoms with Crippen molar-refractivity contribution in [3.63, 3.8) is 0 Å². The van der Waals surface area contributed by atoms with Crippen molar-refractivity contribution in [3.05, 3.63) is 35.4 Å². The second kappa shape index (κ2) is 4.97. The number of carboxylic acid groups (broad SMARTS) is 1. The van der Waals surface area contributed by atoms with E-state index in [1.54, 1.807) is 0 Å². The van der Waals surface area contributed by atoms with E-state index in [1.165, 1.54) is 0 Å². The number of aliphatic imine (C=N–C) groups is 1. The molecule has 0 amide bonds. The lowest BCUT2D eigenvalue weighted by molar-refractivity contribution is -0.138.